The fraction of sp³-hybridized carbons (Fsp3) is 0.417. The summed E-state index contributed by atoms with van der Waals surface area (Å²) in [6.45, 7) is 2.47. The molecule has 2 saturated carbocycles. The minimum atomic E-state index is -0.284. The van der Waals surface area contributed by atoms with Crippen molar-refractivity contribution in [3.8, 4) is 0 Å². The highest BCUT2D eigenvalue weighted by molar-refractivity contribution is 5.99. The summed E-state index contributed by atoms with van der Waals surface area (Å²) in [7, 11) is 0. The second-order valence-corrected chi connectivity index (χ2v) is 8.47. The molecule has 3 N–H and O–H groups in total. The highest BCUT2D eigenvalue weighted by Gasteiger charge is 2.42. The van der Waals surface area contributed by atoms with Crippen LogP contribution < -0.4 is 16.0 Å². The first kappa shape index (κ1) is 19.5. The van der Waals surface area contributed by atoms with Gasteiger partial charge in [0, 0.05) is 24.3 Å². The van der Waals surface area contributed by atoms with Crippen molar-refractivity contribution in [1.29, 1.82) is 0 Å². The lowest BCUT2D eigenvalue weighted by Crippen LogP contribution is -2.26. The van der Waals surface area contributed by atoms with Crippen LogP contribution in [0, 0.1) is 24.7 Å². The predicted octanol–water partition coefficient (Wildman–Crippen LogP) is 5.08. The predicted molar refractivity (Wildman–Crippen MR) is 116 cm³/mol. The molecule has 4 rings (SSSR count). The third kappa shape index (κ3) is 5.83. The molecule has 2 aromatic rings. The number of amides is 3. The SMILES string of the molecule is Cc1cccc(NC(=O)Nc2cccc(CNC(=O)CC(C3CC3)C3CC3)c2)c1. The van der Waals surface area contributed by atoms with E-state index in [2.05, 4.69) is 16.0 Å². The maximum absolute atomic E-state index is 12.4. The van der Waals surface area contributed by atoms with Crippen LogP contribution in [0.2, 0.25) is 0 Å². The van der Waals surface area contributed by atoms with Gasteiger partial charge in [-0.05, 0) is 85.8 Å². The quantitative estimate of drug-likeness (QED) is 0.587. The van der Waals surface area contributed by atoms with Crippen LogP contribution in [0.4, 0.5) is 16.2 Å². The molecule has 0 radical (unpaired) electrons. The van der Waals surface area contributed by atoms with E-state index in [1.54, 1.807) is 0 Å². The van der Waals surface area contributed by atoms with Crippen molar-refractivity contribution in [1.82, 2.24) is 5.32 Å². The summed E-state index contributed by atoms with van der Waals surface area (Å²) in [6.07, 6.45) is 5.85. The number of hydrogen-bond donors (Lipinski definition) is 3. The lowest BCUT2D eigenvalue weighted by atomic mass is 9.94. The standard InChI is InChI=1S/C24H29N3O2/c1-16-4-2-6-20(12-16)26-24(29)27-21-7-3-5-17(13-21)15-25-23(28)14-22(18-8-9-18)19-10-11-19/h2-7,12-13,18-19,22H,8-11,14-15H2,1H3,(H,25,28)(H2,26,27,29). The van der Waals surface area contributed by atoms with Gasteiger partial charge in [0.05, 0.1) is 0 Å². The number of benzene rings is 2. The molecule has 2 aliphatic rings. The fourth-order valence-corrected chi connectivity index (χ4v) is 4.03. The molecular formula is C24H29N3O2. The minimum Gasteiger partial charge on any atom is -0.352 e. The summed E-state index contributed by atoms with van der Waals surface area (Å²) in [5.41, 5.74) is 3.52. The van der Waals surface area contributed by atoms with Crippen molar-refractivity contribution in [3.05, 3.63) is 59.7 Å². The van der Waals surface area contributed by atoms with Crippen molar-refractivity contribution in [3.63, 3.8) is 0 Å². The molecule has 5 nitrogen and oxygen atoms in total. The monoisotopic (exact) mass is 391 g/mol. The Morgan fingerprint density at radius 1 is 0.931 bits per heavy atom. The van der Waals surface area contributed by atoms with E-state index in [1.807, 2.05) is 55.5 Å². The van der Waals surface area contributed by atoms with E-state index in [1.165, 1.54) is 25.7 Å². The highest BCUT2D eigenvalue weighted by Crippen LogP contribution is 2.50. The molecule has 0 atom stereocenters. The lowest BCUT2D eigenvalue weighted by Gasteiger charge is -2.15. The summed E-state index contributed by atoms with van der Waals surface area (Å²) in [6, 6.07) is 15.0. The molecule has 29 heavy (non-hydrogen) atoms. The zero-order chi connectivity index (χ0) is 20.2. The maximum atomic E-state index is 12.4. The third-order valence-electron chi connectivity index (χ3n) is 5.83. The second-order valence-electron chi connectivity index (χ2n) is 8.47. The van der Waals surface area contributed by atoms with Crippen LogP contribution in [0.25, 0.3) is 0 Å². The molecule has 152 valence electrons. The van der Waals surface area contributed by atoms with Crippen LogP contribution in [0.3, 0.4) is 0 Å². The van der Waals surface area contributed by atoms with E-state index in [0.717, 1.165) is 28.7 Å². The third-order valence-corrected chi connectivity index (χ3v) is 5.83. The summed E-state index contributed by atoms with van der Waals surface area (Å²) in [5, 5.41) is 8.74. The molecule has 0 aromatic heterocycles. The molecule has 2 fully saturated rings. The zero-order valence-electron chi connectivity index (χ0n) is 16.9. The van der Waals surface area contributed by atoms with Gasteiger partial charge in [0.2, 0.25) is 5.91 Å². The van der Waals surface area contributed by atoms with Gasteiger partial charge in [0.25, 0.3) is 0 Å². The lowest BCUT2D eigenvalue weighted by molar-refractivity contribution is -0.122. The fourth-order valence-electron chi connectivity index (χ4n) is 4.03. The minimum absolute atomic E-state index is 0.143. The van der Waals surface area contributed by atoms with Gasteiger partial charge in [0.15, 0.2) is 0 Å². The van der Waals surface area contributed by atoms with Gasteiger partial charge in [-0.1, -0.05) is 24.3 Å². The molecule has 3 amide bonds. The molecular weight excluding hydrogens is 362 g/mol. The first-order valence-corrected chi connectivity index (χ1v) is 10.6. The van der Waals surface area contributed by atoms with Crippen LogP contribution >= 0.6 is 0 Å². The number of nitrogens with one attached hydrogen (secondary N) is 3. The number of aryl methyl sites for hydroxylation is 1. The van der Waals surface area contributed by atoms with E-state index in [0.29, 0.717) is 24.6 Å². The van der Waals surface area contributed by atoms with Gasteiger partial charge in [-0.25, -0.2) is 4.79 Å². The average Bonchev–Trinajstić information content (AvgIpc) is 3.58. The molecule has 2 aliphatic carbocycles. The van der Waals surface area contributed by atoms with E-state index in [4.69, 9.17) is 0 Å². The topological polar surface area (TPSA) is 70.2 Å². The number of anilines is 2. The molecule has 0 heterocycles. The van der Waals surface area contributed by atoms with Crippen LogP contribution in [0.1, 0.15) is 43.2 Å². The molecule has 0 unspecified atom stereocenters. The van der Waals surface area contributed by atoms with Crippen molar-refractivity contribution in [2.45, 2.75) is 45.6 Å². The average molecular weight is 392 g/mol. The van der Waals surface area contributed by atoms with Crippen LogP contribution in [-0.4, -0.2) is 11.9 Å². The van der Waals surface area contributed by atoms with Crippen molar-refractivity contribution in [2.24, 2.45) is 17.8 Å². The Hall–Kier alpha value is -2.82. The number of rotatable bonds is 8. The number of carbonyl (C=O) groups is 2. The van der Waals surface area contributed by atoms with E-state index >= 15 is 0 Å². The summed E-state index contributed by atoms with van der Waals surface area (Å²) in [5.74, 6) is 2.30. The smallest absolute Gasteiger partial charge is 0.323 e. The summed E-state index contributed by atoms with van der Waals surface area (Å²) in [4.78, 5) is 24.6. The Morgan fingerprint density at radius 2 is 1.55 bits per heavy atom. The van der Waals surface area contributed by atoms with Crippen LogP contribution in [0.15, 0.2) is 48.5 Å². The molecule has 5 heteroatoms. The van der Waals surface area contributed by atoms with E-state index in [9.17, 15) is 9.59 Å². The van der Waals surface area contributed by atoms with E-state index in [-0.39, 0.29) is 11.9 Å². The van der Waals surface area contributed by atoms with Gasteiger partial charge in [0.1, 0.15) is 0 Å². The van der Waals surface area contributed by atoms with Gasteiger partial charge in [-0.2, -0.15) is 0 Å². The first-order chi connectivity index (χ1) is 14.1. The Balaban J connectivity index is 1.26. The Bertz CT molecular complexity index is 875. The molecule has 0 bridgehead atoms. The van der Waals surface area contributed by atoms with Gasteiger partial charge in [-0.3, -0.25) is 4.79 Å². The normalized spacial score (nSPS) is 15.8. The molecule has 0 spiro atoms. The molecule has 2 aromatic carbocycles. The Kier molecular flexibility index (Phi) is 5.84. The zero-order valence-corrected chi connectivity index (χ0v) is 16.9. The van der Waals surface area contributed by atoms with Crippen molar-refractivity contribution in [2.75, 3.05) is 10.6 Å². The Morgan fingerprint density at radius 3 is 2.17 bits per heavy atom. The van der Waals surface area contributed by atoms with Gasteiger partial charge < -0.3 is 16.0 Å². The van der Waals surface area contributed by atoms with Gasteiger partial charge >= 0.3 is 6.03 Å². The van der Waals surface area contributed by atoms with E-state index < -0.39 is 0 Å². The Labute approximate surface area is 172 Å². The van der Waals surface area contributed by atoms with Crippen molar-refractivity contribution >= 4 is 23.3 Å². The largest absolute Gasteiger partial charge is 0.352 e. The first-order valence-electron chi connectivity index (χ1n) is 10.6. The summed E-state index contributed by atoms with van der Waals surface area (Å²) < 4.78 is 0. The molecule has 0 saturated heterocycles. The highest BCUT2D eigenvalue weighted by atomic mass is 16.2. The molecule has 0 aliphatic heterocycles. The number of hydrogen-bond acceptors (Lipinski definition) is 2. The number of urea groups is 1. The summed E-state index contributed by atoms with van der Waals surface area (Å²) >= 11 is 0. The number of carbonyl (C=O) groups excluding carboxylic acids is 2. The van der Waals surface area contributed by atoms with Crippen LogP contribution in [0.5, 0.6) is 0 Å². The second kappa shape index (κ2) is 8.68. The maximum Gasteiger partial charge on any atom is 0.323 e. The van der Waals surface area contributed by atoms with Gasteiger partial charge in [-0.15, -0.1) is 0 Å². The van der Waals surface area contributed by atoms with Crippen LogP contribution in [-0.2, 0) is 11.3 Å². The van der Waals surface area contributed by atoms with Crippen molar-refractivity contribution < 1.29 is 9.59 Å².